The highest BCUT2D eigenvalue weighted by atomic mass is 35.5. The summed E-state index contributed by atoms with van der Waals surface area (Å²) < 4.78 is 0. The third-order valence-electron chi connectivity index (χ3n) is 3.28. The van der Waals surface area contributed by atoms with E-state index in [1.807, 2.05) is 0 Å². The lowest BCUT2D eigenvalue weighted by atomic mass is 10.1. The highest BCUT2D eigenvalue weighted by molar-refractivity contribution is 6.36. The molecule has 1 heterocycles. The molecule has 21 heavy (non-hydrogen) atoms. The first-order valence-corrected chi connectivity index (χ1v) is 6.99. The van der Waals surface area contributed by atoms with Gasteiger partial charge in [-0.25, -0.2) is 0 Å². The molecule has 0 aromatic heterocycles. The SMILES string of the molecule is O=C1NC(=O)c2c(NCc3c(Cl)cccc3Cl)cccc21. The van der Waals surface area contributed by atoms with E-state index in [9.17, 15) is 9.59 Å². The molecule has 4 nitrogen and oxygen atoms in total. The molecule has 0 bridgehead atoms. The van der Waals surface area contributed by atoms with Crippen molar-refractivity contribution in [3.8, 4) is 0 Å². The number of imide groups is 1. The van der Waals surface area contributed by atoms with Crippen molar-refractivity contribution in [2.24, 2.45) is 0 Å². The molecule has 0 unspecified atom stereocenters. The molecule has 6 heteroatoms. The van der Waals surface area contributed by atoms with E-state index >= 15 is 0 Å². The first-order valence-electron chi connectivity index (χ1n) is 6.23. The molecule has 0 fully saturated rings. The first kappa shape index (κ1) is 13.9. The highest BCUT2D eigenvalue weighted by Gasteiger charge is 2.29. The normalized spacial score (nSPS) is 13.0. The smallest absolute Gasteiger partial charge is 0.261 e. The third kappa shape index (κ3) is 2.48. The second kappa shape index (κ2) is 5.39. The summed E-state index contributed by atoms with van der Waals surface area (Å²) in [7, 11) is 0. The average molecular weight is 321 g/mol. The van der Waals surface area contributed by atoms with Crippen LogP contribution in [0.5, 0.6) is 0 Å². The number of halogens is 2. The Labute approximate surface area is 131 Å². The molecule has 2 aromatic rings. The molecular weight excluding hydrogens is 311 g/mol. The van der Waals surface area contributed by atoms with Crippen molar-refractivity contribution in [3.05, 3.63) is 63.1 Å². The lowest BCUT2D eigenvalue weighted by molar-refractivity contribution is 0.0880. The quantitative estimate of drug-likeness (QED) is 0.851. The molecule has 0 saturated carbocycles. The van der Waals surface area contributed by atoms with Gasteiger partial charge in [-0.3, -0.25) is 14.9 Å². The minimum atomic E-state index is -0.400. The van der Waals surface area contributed by atoms with Crippen molar-refractivity contribution >= 4 is 40.7 Å². The van der Waals surface area contributed by atoms with Gasteiger partial charge in [0.15, 0.2) is 0 Å². The van der Waals surface area contributed by atoms with Crippen LogP contribution in [0.3, 0.4) is 0 Å². The van der Waals surface area contributed by atoms with Gasteiger partial charge in [0.2, 0.25) is 0 Å². The fraction of sp³-hybridized carbons (Fsp3) is 0.0667. The van der Waals surface area contributed by atoms with E-state index < -0.39 is 5.91 Å². The Morgan fingerprint density at radius 3 is 2.33 bits per heavy atom. The molecular formula is C15H10Cl2N2O2. The van der Waals surface area contributed by atoms with Crippen molar-refractivity contribution in [2.45, 2.75) is 6.54 Å². The maximum Gasteiger partial charge on any atom is 0.261 e. The van der Waals surface area contributed by atoms with E-state index in [1.54, 1.807) is 36.4 Å². The number of amides is 2. The number of hydrogen-bond donors (Lipinski definition) is 2. The minimum Gasteiger partial charge on any atom is -0.380 e. The Bertz CT molecular complexity index is 739. The van der Waals surface area contributed by atoms with Gasteiger partial charge in [0, 0.05) is 27.8 Å². The average Bonchev–Trinajstić information content (AvgIpc) is 2.74. The molecule has 2 amide bonds. The van der Waals surface area contributed by atoms with E-state index in [2.05, 4.69) is 10.6 Å². The largest absolute Gasteiger partial charge is 0.380 e. The molecule has 0 aliphatic carbocycles. The summed E-state index contributed by atoms with van der Waals surface area (Å²) in [6.45, 7) is 0.358. The van der Waals surface area contributed by atoms with Crippen molar-refractivity contribution in [1.82, 2.24) is 5.32 Å². The van der Waals surface area contributed by atoms with Crippen LogP contribution in [0.4, 0.5) is 5.69 Å². The Morgan fingerprint density at radius 2 is 1.62 bits per heavy atom. The van der Waals surface area contributed by atoms with Gasteiger partial charge >= 0.3 is 0 Å². The summed E-state index contributed by atoms with van der Waals surface area (Å²) >= 11 is 12.2. The summed E-state index contributed by atoms with van der Waals surface area (Å²) in [5, 5.41) is 6.47. The van der Waals surface area contributed by atoms with Crippen LogP contribution in [0.1, 0.15) is 26.3 Å². The topological polar surface area (TPSA) is 58.2 Å². The van der Waals surface area contributed by atoms with Crippen molar-refractivity contribution in [1.29, 1.82) is 0 Å². The Hall–Kier alpha value is -2.04. The number of rotatable bonds is 3. The fourth-order valence-electron chi connectivity index (χ4n) is 2.25. The van der Waals surface area contributed by atoms with Gasteiger partial charge in [-0.2, -0.15) is 0 Å². The number of carbonyl (C=O) groups excluding carboxylic acids is 2. The molecule has 0 saturated heterocycles. The molecule has 3 rings (SSSR count). The van der Waals surface area contributed by atoms with Crippen LogP contribution in [0.15, 0.2) is 36.4 Å². The Kier molecular flexibility index (Phi) is 3.57. The Morgan fingerprint density at radius 1 is 0.952 bits per heavy atom. The summed E-state index contributed by atoms with van der Waals surface area (Å²) in [5.74, 6) is -0.780. The zero-order valence-corrected chi connectivity index (χ0v) is 12.3. The van der Waals surface area contributed by atoms with Crippen molar-refractivity contribution in [3.63, 3.8) is 0 Å². The van der Waals surface area contributed by atoms with E-state index in [0.717, 1.165) is 5.56 Å². The van der Waals surface area contributed by atoms with Crippen LogP contribution in [0.25, 0.3) is 0 Å². The highest BCUT2D eigenvalue weighted by Crippen LogP contribution is 2.28. The second-order valence-corrected chi connectivity index (χ2v) is 5.38. The second-order valence-electron chi connectivity index (χ2n) is 4.57. The van der Waals surface area contributed by atoms with Gasteiger partial charge in [0.05, 0.1) is 11.1 Å². The monoisotopic (exact) mass is 320 g/mol. The van der Waals surface area contributed by atoms with Gasteiger partial charge in [0.25, 0.3) is 11.8 Å². The molecule has 0 spiro atoms. The number of carbonyl (C=O) groups is 2. The van der Waals surface area contributed by atoms with Gasteiger partial charge in [0.1, 0.15) is 0 Å². The van der Waals surface area contributed by atoms with Crippen molar-refractivity contribution in [2.75, 3.05) is 5.32 Å². The van der Waals surface area contributed by atoms with Crippen LogP contribution in [0, 0.1) is 0 Å². The first-order chi connectivity index (χ1) is 10.1. The molecule has 2 aromatic carbocycles. The summed E-state index contributed by atoms with van der Waals surface area (Å²) in [4.78, 5) is 23.4. The van der Waals surface area contributed by atoms with E-state index in [0.29, 0.717) is 33.4 Å². The lowest BCUT2D eigenvalue weighted by Gasteiger charge is -2.11. The summed E-state index contributed by atoms with van der Waals surface area (Å²) in [6, 6.07) is 10.3. The predicted molar refractivity (Wildman–Crippen MR) is 82.0 cm³/mol. The zero-order chi connectivity index (χ0) is 15.0. The maximum absolute atomic E-state index is 11.8. The minimum absolute atomic E-state index is 0.352. The van der Waals surface area contributed by atoms with Crippen LogP contribution in [-0.2, 0) is 6.54 Å². The van der Waals surface area contributed by atoms with Gasteiger partial charge in [-0.05, 0) is 24.3 Å². The predicted octanol–water partition coefficient (Wildman–Crippen LogP) is 3.49. The van der Waals surface area contributed by atoms with Gasteiger partial charge in [-0.15, -0.1) is 0 Å². The van der Waals surface area contributed by atoms with Crippen LogP contribution < -0.4 is 10.6 Å². The number of benzene rings is 2. The lowest BCUT2D eigenvalue weighted by Crippen LogP contribution is -2.20. The Balaban J connectivity index is 1.91. The molecule has 2 N–H and O–H groups in total. The number of nitrogens with one attached hydrogen (secondary N) is 2. The molecule has 0 radical (unpaired) electrons. The number of hydrogen-bond acceptors (Lipinski definition) is 3. The molecule has 106 valence electrons. The van der Waals surface area contributed by atoms with Crippen LogP contribution in [0.2, 0.25) is 10.0 Å². The van der Waals surface area contributed by atoms with Crippen LogP contribution >= 0.6 is 23.2 Å². The number of anilines is 1. The summed E-state index contributed by atoms with van der Waals surface area (Å²) in [5.41, 5.74) is 2.04. The van der Waals surface area contributed by atoms with Crippen molar-refractivity contribution < 1.29 is 9.59 Å². The molecule has 0 atom stereocenters. The van der Waals surface area contributed by atoms with Gasteiger partial charge in [-0.1, -0.05) is 35.3 Å². The standard InChI is InChI=1S/C15H10Cl2N2O2/c16-10-4-2-5-11(17)9(10)7-18-12-6-1-3-8-13(12)15(21)19-14(8)20/h1-6,18H,7H2,(H,19,20,21). The zero-order valence-electron chi connectivity index (χ0n) is 10.7. The van der Waals surface area contributed by atoms with Crippen LogP contribution in [-0.4, -0.2) is 11.8 Å². The van der Waals surface area contributed by atoms with Gasteiger partial charge < -0.3 is 5.32 Å². The number of fused-ring (bicyclic) bond motifs is 1. The van der Waals surface area contributed by atoms with E-state index in [4.69, 9.17) is 23.2 Å². The summed E-state index contributed by atoms with van der Waals surface area (Å²) in [6.07, 6.45) is 0. The molecule has 1 aliphatic heterocycles. The fourth-order valence-corrected chi connectivity index (χ4v) is 2.78. The van der Waals surface area contributed by atoms with E-state index in [1.165, 1.54) is 0 Å². The maximum atomic E-state index is 11.8. The van der Waals surface area contributed by atoms with E-state index in [-0.39, 0.29) is 5.91 Å². The third-order valence-corrected chi connectivity index (χ3v) is 3.99. The molecule has 1 aliphatic rings.